The van der Waals surface area contributed by atoms with E-state index in [2.05, 4.69) is 63.2 Å². The lowest BCUT2D eigenvalue weighted by atomic mass is 9.81. The van der Waals surface area contributed by atoms with E-state index in [1.54, 1.807) is 72.1 Å². The number of nitrogens with two attached hydrogens (primary N) is 7. The van der Waals surface area contributed by atoms with Crippen molar-refractivity contribution in [1.82, 2.24) is 24.3 Å². The molecule has 0 spiro atoms. The lowest BCUT2D eigenvalue weighted by Gasteiger charge is -2.07. The minimum Gasteiger partial charge on any atom is -0.460 e. The third-order valence-corrected chi connectivity index (χ3v) is 9.97. The van der Waals surface area contributed by atoms with E-state index in [-0.39, 0.29) is 17.7 Å². The minimum atomic E-state index is -1.34. The van der Waals surface area contributed by atoms with Crippen molar-refractivity contribution in [1.29, 1.82) is 0 Å². The number of carbonyl (C=O) groups excluding carboxylic acids is 3. The molecule has 0 aliphatic heterocycles. The Hall–Kier alpha value is -7.60. The highest BCUT2D eigenvalue weighted by Gasteiger charge is 2.12. The van der Waals surface area contributed by atoms with Gasteiger partial charge < -0.3 is 54.9 Å². The predicted octanol–water partition coefficient (Wildman–Crippen LogP) is 5.68. The largest absolute Gasteiger partial charge is 0.488 e. The number of benzene rings is 3. The standard InChI is InChI=1S/C15H13N3O.C11H11N3.C6H7BO2.C5H7BrO3.C5H6IN3.C5H7N3/c1-10(19)13-9-18-14(17-13)8-7-12(15(18)16)11-5-3-2-4-6-11;12-10-7-6-9(11(13)14-10)8-4-2-1-3-5-8;8-7(9)6-4-2-1-3-5-6;1-2-9-5(8)4(7)3-6;6-3-1-2-4(7)9-5(3)8;6-4-2-1-3-5(7)8-4/h2-9H,16H2,1H3;1-7H,(H4,12,13,14);1-5,8-9H;2-3H2,1H3;1-2H,(H4,7,8,9);1-3H,(H4,6,7,8). The van der Waals surface area contributed by atoms with Crippen LogP contribution < -0.4 is 45.6 Å². The molecule has 5 heterocycles. The van der Waals surface area contributed by atoms with Gasteiger partial charge >= 0.3 is 13.1 Å². The number of hydrogen-bond donors (Lipinski definition) is 9. The number of anilines is 7. The highest BCUT2D eigenvalue weighted by atomic mass is 127. The summed E-state index contributed by atoms with van der Waals surface area (Å²) in [5.74, 6) is 2.01. The molecule has 0 radical (unpaired) electrons. The Morgan fingerprint density at radius 2 is 1.10 bits per heavy atom. The molecule has 0 saturated heterocycles. The molecule has 18 nitrogen and oxygen atoms in total. The number of rotatable bonds is 7. The van der Waals surface area contributed by atoms with Crippen LogP contribution in [0.1, 0.15) is 24.3 Å². The van der Waals surface area contributed by atoms with Crippen molar-refractivity contribution in [3.8, 4) is 22.3 Å². The van der Waals surface area contributed by atoms with Gasteiger partial charge in [-0.3, -0.25) is 14.0 Å². The van der Waals surface area contributed by atoms with E-state index >= 15 is 0 Å². The molecule has 0 amide bonds. The van der Waals surface area contributed by atoms with Crippen molar-refractivity contribution < 1.29 is 29.2 Å². The number of nitrogen functional groups attached to an aromatic ring is 7. The number of hydrogen-bond acceptors (Lipinski definition) is 17. The summed E-state index contributed by atoms with van der Waals surface area (Å²) >= 11 is 4.93. The molecule has 0 unspecified atom stereocenters. The number of halogens is 2. The zero-order chi connectivity index (χ0) is 50.2. The smallest absolute Gasteiger partial charge is 0.460 e. The normalized spacial score (nSPS) is 9.74. The van der Waals surface area contributed by atoms with Crippen LogP contribution in [0, 0.1) is 3.57 Å². The molecular weight excluding hydrogens is 1050 g/mol. The van der Waals surface area contributed by atoms with Gasteiger partial charge in [0.15, 0.2) is 5.78 Å². The Morgan fingerprint density at radius 3 is 1.53 bits per heavy atom. The number of fused-ring (bicyclic) bond motifs is 1. The Balaban J connectivity index is 0.000000224. The van der Waals surface area contributed by atoms with E-state index in [0.717, 1.165) is 25.8 Å². The molecule has 0 aliphatic carbocycles. The number of pyridine rings is 4. The third-order valence-electron chi connectivity index (χ3n) is 8.55. The first-order valence-corrected chi connectivity index (χ1v) is 22.4. The van der Waals surface area contributed by atoms with E-state index in [1.165, 1.54) is 6.92 Å². The van der Waals surface area contributed by atoms with Gasteiger partial charge in [0, 0.05) is 24.2 Å². The van der Waals surface area contributed by atoms with E-state index in [1.807, 2.05) is 91.0 Å². The number of aromatic nitrogens is 5. The quantitative estimate of drug-likeness (QED) is 0.0232. The number of ether oxygens (including phenoxy) is 1. The van der Waals surface area contributed by atoms with Crippen LogP contribution in [-0.2, 0) is 14.3 Å². The second-order valence-corrected chi connectivity index (χ2v) is 15.3. The Kier molecular flexibility index (Phi) is 22.9. The maximum atomic E-state index is 11.4. The van der Waals surface area contributed by atoms with Gasteiger partial charge in [-0.2, -0.15) is 0 Å². The molecule has 0 aliphatic rings. The van der Waals surface area contributed by atoms with Crippen molar-refractivity contribution in [2.45, 2.75) is 13.8 Å². The Bertz CT molecular complexity index is 2830. The second kappa shape index (κ2) is 28.4. The molecule has 8 aromatic rings. The van der Waals surface area contributed by atoms with Crippen LogP contribution in [0.3, 0.4) is 0 Å². The van der Waals surface area contributed by atoms with E-state index < -0.39 is 18.9 Å². The fourth-order valence-corrected chi connectivity index (χ4v) is 5.83. The average Bonchev–Trinajstić information content (AvgIpc) is 3.78. The van der Waals surface area contributed by atoms with Crippen LogP contribution in [0.25, 0.3) is 27.9 Å². The fourth-order valence-electron chi connectivity index (χ4n) is 5.30. The lowest BCUT2D eigenvalue weighted by Crippen LogP contribution is -2.29. The van der Waals surface area contributed by atoms with Gasteiger partial charge in [-0.15, -0.1) is 0 Å². The topological polar surface area (TPSA) is 339 Å². The number of nitrogens with zero attached hydrogens (tertiary/aromatic N) is 5. The summed E-state index contributed by atoms with van der Waals surface area (Å²) in [5.41, 5.74) is 44.3. The number of imidazole rings is 1. The molecule has 0 atom stereocenters. The molecular formula is C47H51BBrIN12O6. The summed E-state index contributed by atoms with van der Waals surface area (Å²) in [5, 5.41) is 17.2. The minimum absolute atomic E-state index is 0.0336. The Labute approximate surface area is 415 Å². The number of alkyl halides is 1. The van der Waals surface area contributed by atoms with Crippen molar-refractivity contribution in [3.63, 3.8) is 0 Å². The summed E-state index contributed by atoms with van der Waals surface area (Å²) in [4.78, 5) is 47.9. The second-order valence-electron chi connectivity index (χ2n) is 13.6. The van der Waals surface area contributed by atoms with E-state index in [9.17, 15) is 14.4 Å². The first-order chi connectivity index (χ1) is 32.4. The monoisotopic (exact) mass is 1100 g/mol. The Morgan fingerprint density at radius 1 is 0.618 bits per heavy atom. The van der Waals surface area contributed by atoms with Gasteiger partial charge in [-0.1, -0.05) is 113 Å². The maximum absolute atomic E-state index is 11.4. The number of esters is 1. The summed E-state index contributed by atoms with van der Waals surface area (Å²) < 4.78 is 7.06. The van der Waals surface area contributed by atoms with Gasteiger partial charge in [0.25, 0.3) is 0 Å². The molecule has 3 aromatic carbocycles. The average molecular weight is 1100 g/mol. The molecule has 16 N–H and O–H groups in total. The van der Waals surface area contributed by atoms with E-state index in [0.29, 0.717) is 57.5 Å². The molecule has 0 fully saturated rings. The first kappa shape index (κ1) is 54.7. The van der Waals surface area contributed by atoms with Crippen LogP contribution in [-0.4, -0.2) is 71.0 Å². The van der Waals surface area contributed by atoms with Crippen molar-refractivity contribution in [2.75, 3.05) is 52.1 Å². The van der Waals surface area contributed by atoms with Gasteiger partial charge in [0.05, 0.1) is 15.5 Å². The van der Waals surface area contributed by atoms with Crippen LogP contribution in [0.2, 0.25) is 0 Å². The van der Waals surface area contributed by atoms with Crippen LogP contribution >= 0.6 is 38.5 Å². The highest BCUT2D eigenvalue weighted by Crippen LogP contribution is 2.27. The van der Waals surface area contributed by atoms with Crippen LogP contribution in [0.15, 0.2) is 152 Å². The summed E-state index contributed by atoms with van der Waals surface area (Å²) in [6.45, 7) is 3.40. The van der Waals surface area contributed by atoms with Gasteiger partial charge in [-0.25, -0.2) is 24.7 Å². The molecule has 0 bridgehead atoms. The zero-order valence-corrected chi connectivity index (χ0v) is 40.7. The number of ketones is 2. The van der Waals surface area contributed by atoms with Gasteiger partial charge in [-0.05, 0) is 94.6 Å². The zero-order valence-electron chi connectivity index (χ0n) is 37.0. The molecule has 352 valence electrons. The summed E-state index contributed by atoms with van der Waals surface area (Å²) in [7, 11) is -1.34. The predicted molar refractivity (Wildman–Crippen MR) is 284 cm³/mol. The fraction of sp³-hybridized carbons (Fsp3) is 0.0851. The number of carbonyl (C=O) groups is 3. The molecule has 0 saturated carbocycles. The molecule has 8 rings (SSSR count). The SMILES string of the molecule is CC(=O)c1cn2c(N)c(-c3ccccc3)ccc2n1.CCOC(=O)C(=O)CBr.Nc1ccc(-c2ccccc2)c(N)n1.Nc1ccc(I)c(N)n1.Nc1cccc(N)n1.OB(O)c1ccccc1. The molecule has 68 heavy (non-hydrogen) atoms. The van der Waals surface area contributed by atoms with Crippen molar-refractivity contribution >= 4 is 115 Å². The van der Waals surface area contributed by atoms with E-state index in [4.69, 9.17) is 50.2 Å². The maximum Gasteiger partial charge on any atom is 0.488 e. The third kappa shape index (κ3) is 18.4. The number of Topliss-reactive ketones (excluding diaryl/α,β-unsaturated/α-hetero) is 2. The van der Waals surface area contributed by atoms with Gasteiger partial charge in [0.2, 0.25) is 5.78 Å². The van der Waals surface area contributed by atoms with Crippen LogP contribution in [0.5, 0.6) is 0 Å². The molecule has 21 heteroatoms. The summed E-state index contributed by atoms with van der Waals surface area (Å²) in [6.07, 6.45) is 1.68. The van der Waals surface area contributed by atoms with Crippen molar-refractivity contribution in [3.05, 3.63) is 161 Å². The lowest BCUT2D eigenvalue weighted by molar-refractivity contribution is -0.152. The first-order valence-electron chi connectivity index (χ1n) is 20.2. The van der Waals surface area contributed by atoms with Crippen LogP contribution in [0.4, 0.5) is 40.7 Å². The van der Waals surface area contributed by atoms with Crippen molar-refractivity contribution in [2.24, 2.45) is 0 Å². The molecule has 5 aromatic heterocycles. The summed E-state index contributed by atoms with van der Waals surface area (Å²) in [6, 6.07) is 44.5. The highest BCUT2D eigenvalue weighted by molar-refractivity contribution is 14.1. The van der Waals surface area contributed by atoms with Gasteiger partial charge in [0.1, 0.15) is 52.1 Å².